The van der Waals surface area contributed by atoms with Crippen LogP contribution in [0, 0.1) is 5.92 Å². The van der Waals surface area contributed by atoms with Gasteiger partial charge in [0.25, 0.3) is 0 Å². The van der Waals surface area contributed by atoms with Gasteiger partial charge < -0.3 is 5.32 Å². The molecule has 1 nitrogen and oxygen atoms in total. The molecule has 0 spiro atoms. The van der Waals surface area contributed by atoms with Crippen molar-refractivity contribution in [3.8, 4) is 0 Å². The Labute approximate surface area is 70.2 Å². The molecular formula is C10H19N. The topological polar surface area (TPSA) is 12.0 Å². The largest absolute Gasteiger partial charge is 0.383 e. The van der Waals surface area contributed by atoms with Gasteiger partial charge in [0.15, 0.2) is 0 Å². The van der Waals surface area contributed by atoms with Gasteiger partial charge in [-0.05, 0) is 19.8 Å². The zero-order chi connectivity index (χ0) is 9.02. The molecule has 0 rings (SSSR count). The van der Waals surface area contributed by atoms with Crippen molar-refractivity contribution in [2.24, 2.45) is 5.92 Å². The lowest BCUT2D eigenvalue weighted by Gasteiger charge is -2.20. The lowest BCUT2D eigenvalue weighted by molar-refractivity contribution is 0.609. The van der Waals surface area contributed by atoms with Crippen LogP contribution in [-0.4, -0.2) is 6.04 Å². The van der Waals surface area contributed by atoms with Gasteiger partial charge in [-0.2, -0.15) is 0 Å². The van der Waals surface area contributed by atoms with Gasteiger partial charge in [-0.15, -0.1) is 0 Å². The minimum absolute atomic E-state index is 0.340. The fourth-order valence-electron chi connectivity index (χ4n) is 0.962. The van der Waals surface area contributed by atoms with Gasteiger partial charge in [0, 0.05) is 11.7 Å². The quantitative estimate of drug-likeness (QED) is 0.612. The predicted octanol–water partition coefficient (Wildman–Crippen LogP) is 2.71. The third kappa shape index (κ3) is 3.87. The fraction of sp³-hybridized carbons (Fsp3) is 0.600. The molecule has 0 aliphatic rings. The second-order valence-corrected chi connectivity index (χ2v) is 3.38. The third-order valence-corrected chi connectivity index (χ3v) is 1.76. The molecule has 0 aromatic heterocycles. The first-order valence-corrected chi connectivity index (χ1v) is 4.06. The molecule has 0 saturated carbocycles. The van der Waals surface area contributed by atoms with Crippen molar-refractivity contribution in [3.05, 3.63) is 24.4 Å². The maximum absolute atomic E-state index is 4.00. The highest BCUT2D eigenvalue weighted by Gasteiger charge is 2.08. The van der Waals surface area contributed by atoms with Crippen molar-refractivity contribution in [1.82, 2.24) is 5.32 Å². The van der Waals surface area contributed by atoms with E-state index in [0.717, 1.165) is 5.70 Å². The summed E-state index contributed by atoms with van der Waals surface area (Å²) in [5.41, 5.74) is 2.23. The number of rotatable bonds is 4. The van der Waals surface area contributed by atoms with E-state index in [9.17, 15) is 0 Å². The van der Waals surface area contributed by atoms with Gasteiger partial charge in [0.1, 0.15) is 0 Å². The van der Waals surface area contributed by atoms with Crippen LogP contribution < -0.4 is 5.32 Å². The number of hydrogen-bond donors (Lipinski definition) is 1. The Balaban J connectivity index is 3.93. The van der Waals surface area contributed by atoms with Crippen molar-refractivity contribution in [1.29, 1.82) is 0 Å². The van der Waals surface area contributed by atoms with Gasteiger partial charge in [-0.3, -0.25) is 0 Å². The summed E-state index contributed by atoms with van der Waals surface area (Å²) in [4.78, 5) is 0. The van der Waals surface area contributed by atoms with Crippen LogP contribution in [0.15, 0.2) is 24.4 Å². The molecule has 0 radical (unpaired) electrons. The van der Waals surface area contributed by atoms with Crippen LogP contribution in [-0.2, 0) is 0 Å². The van der Waals surface area contributed by atoms with Crippen LogP contribution in [0.4, 0.5) is 0 Å². The van der Waals surface area contributed by atoms with E-state index in [-0.39, 0.29) is 0 Å². The summed E-state index contributed by atoms with van der Waals surface area (Å²) in [6, 6.07) is 0.340. The lowest BCUT2D eigenvalue weighted by Crippen LogP contribution is -2.27. The van der Waals surface area contributed by atoms with Crippen LogP contribution in [0.5, 0.6) is 0 Å². The molecule has 0 aliphatic carbocycles. The highest BCUT2D eigenvalue weighted by molar-refractivity contribution is 5.09. The highest BCUT2D eigenvalue weighted by atomic mass is 14.9. The SMILES string of the molecule is C=C(C)NC(C)C(=C)C(C)C. The Morgan fingerprint density at radius 1 is 1.18 bits per heavy atom. The molecule has 0 aromatic carbocycles. The maximum Gasteiger partial charge on any atom is 0.0442 e. The van der Waals surface area contributed by atoms with Crippen LogP contribution >= 0.6 is 0 Å². The molecule has 0 aromatic rings. The first-order chi connectivity index (χ1) is 4.95. The van der Waals surface area contributed by atoms with Crippen molar-refractivity contribution in [2.45, 2.75) is 33.7 Å². The molecule has 11 heavy (non-hydrogen) atoms. The average molecular weight is 153 g/mol. The van der Waals surface area contributed by atoms with Gasteiger partial charge >= 0.3 is 0 Å². The third-order valence-electron chi connectivity index (χ3n) is 1.76. The first-order valence-electron chi connectivity index (χ1n) is 4.06. The minimum Gasteiger partial charge on any atom is -0.383 e. The van der Waals surface area contributed by atoms with Crippen molar-refractivity contribution < 1.29 is 0 Å². The molecule has 64 valence electrons. The normalized spacial score (nSPS) is 12.8. The van der Waals surface area contributed by atoms with Crippen molar-refractivity contribution in [3.63, 3.8) is 0 Å². The van der Waals surface area contributed by atoms with Crippen LogP contribution in [0.25, 0.3) is 0 Å². The Bertz CT molecular complexity index is 156. The van der Waals surface area contributed by atoms with E-state index in [0.29, 0.717) is 12.0 Å². The van der Waals surface area contributed by atoms with E-state index in [4.69, 9.17) is 0 Å². The molecule has 1 heteroatoms. The van der Waals surface area contributed by atoms with Gasteiger partial charge in [0.2, 0.25) is 0 Å². The number of nitrogens with one attached hydrogen (secondary N) is 1. The monoisotopic (exact) mass is 153 g/mol. The van der Waals surface area contributed by atoms with Crippen molar-refractivity contribution >= 4 is 0 Å². The molecule has 0 amide bonds. The van der Waals surface area contributed by atoms with Gasteiger partial charge in [0.05, 0.1) is 0 Å². The smallest absolute Gasteiger partial charge is 0.0442 e. The summed E-state index contributed by atoms with van der Waals surface area (Å²) >= 11 is 0. The second-order valence-electron chi connectivity index (χ2n) is 3.38. The van der Waals surface area contributed by atoms with E-state index in [2.05, 4.69) is 39.2 Å². The van der Waals surface area contributed by atoms with E-state index in [1.54, 1.807) is 0 Å². The maximum atomic E-state index is 4.00. The van der Waals surface area contributed by atoms with Crippen LogP contribution in [0.1, 0.15) is 27.7 Å². The molecule has 0 fully saturated rings. The van der Waals surface area contributed by atoms with Crippen molar-refractivity contribution in [2.75, 3.05) is 0 Å². The molecule has 0 aliphatic heterocycles. The standard InChI is InChI=1S/C10H19N/c1-7(2)9(5)10(6)11-8(3)4/h7,10-11H,3,5H2,1-2,4,6H3. The number of allylic oxidation sites excluding steroid dienone is 1. The van der Waals surface area contributed by atoms with Crippen LogP contribution in [0.2, 0.25) is 0 Å². The van der Waals surface area contributed by atoms with E-state index in [1.807, 2.05) is 6.92 Å². The Kier molecular flexibility index (Phi) is 3.94. The molecule has 0 bridgehead atoms. The summed E-state index contributed by atoms with van der Waals surface area (Å²) in [5.74, 6) is 0.539. The van der Waals surface area contributed by atoms with Gasteiger partial charge in [-0.25, -0.2) is 0 Å². The first kappa shape index (κ1) is 10.3. The van der Waals surface area contributed by atoms with Crippen LogP contribution in [0.3, 0.4) is 0 Å². The summed E-state index contributed by atoms with van der Waals surface area (Å²) in [6.07, 6.45) is 0. The summed E-state index contributed by atoms with van der Waals surface area (Å²) in [5, 5.41) is 3.23. The Hall–Kier alpha value is -0.720. The average Bonchev–Trinajstić information content (AvgIpc) is 1.84. The molecule has 0 heterocycles. The van der Waals surface area contributed by atoms with E-state index >= 15 is 0 Å². The van der Waals surface area contributed by atoms with Gasteiger partial charge in [-0.1, -0.05) is 32.6 Å². The lowest BCUT2D eigenvalue weighted by atomic mass is 9.99. The van der Waals surface area contributed by atoms with E-state index < -0.39 is 0 Å². The summed E-state index contributed by atoms with van der Waals surface area (Å²) in [7, 11) is 0. The molecule has 1 atom stereocenters. The zero-order valence-electron chi connectivity index (χ0n) is 8.07. The Morgan fingerprint density at radius 2 is 1.64 bits per heavy atom. The second kappa shape index (κ2) is 4.22. The Morgan fingerprint density at radius 3 is 1.91 bits per heavy atom. The number of hydrogen-bond acceptors (Lipinski definition) is 1. The molecule has 1 unspecified atom stereocenters. The predicted molar refractivity (Wildman–Crippen MR) is 51.4 cm³/mol. The molecular weight excluding hydrogens is 134 g/mol. The summed E-state index contributed by atoms with van der Waals surface area (Å²) in [6.45, 7) is 16.2. The molecule has 1 N–H and O–H groups in total. The summed E-state index contributed by atoms with van der Waals surface area (Å²) < 4.78 is 0. The highest BCUT2D eigenvalue weighted by Crippen LogP contribution is 2.11. The fourth-order valence-corrected chi connectivity index (χ4v) is 0.962. The molecule has 0 saturated heterocycles. The minimum atomic E-state index is 0.340. The zero-order valence-corrected chi connectivity index (χ0v) is 8.07. The van der Waals surface area contributed by atoms with E-state index in [1.165, 1.54) is 5.57 Å².